The first-order chi connectivity index (χ1) is 15.8. The molecule has 2 aromatic rings. The van der Waals surface area contributed by atoms with E-state index in [0.29, 0.717) is 31.5 Å². The third kappa shape index (κ3) is 6.11. The maximum atomic E-state index is 13.2. The standard InChI is InChI=1S/C25H28F6N2O/c1-16(2)23(9-8-21(13-23)32-14-17-6-4-3-5-7-17)22(34)33-15-18-10-19(24(26,27)28)12-20(11-18)25(29,30)31/h3-7,10-12,16,21,32H,8-9,13-15H2,1-2H3,(H,33,34)/t21-,23+/m1/s1. The average molecular weight is 487 g/mol. The summed E-state index contributed by atoms with van der Waals surface area (Å²) >= 11 is 0. The van der Waals surface area contributed by atoms with Crippen LogP contribution in [0.5, 0.6) is 0 Å². The fourth-order valence-corrected chi connectivity index (χ4v) is 4.58. The Bertz CT molecular complexity index is 955. The molecule has 0 unspecified atom stereocenters. The molecule has 9 heteroatoms. The van der Waals surface area contributed by atoms with Crippen molar-refractivity contribution in [2.75, 3.05) is 0 Å². The lowest BCUT2D eigenvalue weighted by Crippen LogP contribution is -2.43. The third-order valence-electron chi connectivity index (χ3n) is 6.65. The highest BCUT2D eigenvalue weighted by Gasteiger charge is 2.47. The summed E-state index contributed by atoms with van der Waals surface area (Å²) in [5.74, 6) is -0.402. The predicted octanol–water partition coefficient (Wildman–Crippen LogP) is 6.33. The van der Waals surface area contributed by atoms with Gasteiger partial charge in [-0.1, -0.05) is 44.2 Å². The van der Waals surface area contributed by atoms with E-state index in [0.717, 1.165) is 12.0 Å². The molecular formula is C25H28F6N2O. The van der Waals surface area contributed by atoms with Crippen LogP contribution < -0.4 is 10.6 Å². The highest BCUT2D eigenvalue weighted by atomic mass is 19.4. The summed E-state index contributed by atoms with van der Waals surface area (Å²) in [4.78, 5) is 13.2. The Labute approximate surface area is 194 Å². The summed E-state index contributed by atoms with van der Waals surface area (Å²) in [5.41, 5.74) is -2.67. The zero-order valence-corrected chi connectivity index (χ0v) is 19.0. The van der Waals surface area contributed by atoms with E-state index >= 15 is 0 Å². The molecule has 3 nitrogen and oxygen atoms in total. The molecular weight excluding hydrogens is 458 g/mol. The van der Waals surface area contributed by atoms with Crippen LogP contribution in [0.4, 0.5) is 26.3 Å². The molecule has 0 spiro atoms. The van der Waals surface area contributed by atoms with Crippen LogP contribution in [0.3, 0.4) is 0 Å². The molecule has 0 radical (unpaired) electrons. The molecule has 0 aliphatic heterocycles. The molecule has 2 atom stereocenters. The van der Waals surface area contributed by atoms with Crippen molar-refractivity contribution in [3.8, 4) is 0 Å². The molecule has 34 heavy (non-hydrogen) atoms. The molecule has 0 aromatic heterocycles. The van der Waals surface area contributed by atoms with E-state index in [1.807, 2.05) is 44.2 Å². The Kier molecular flexibility index (Phi) is 7.65. The quantitative estimate of drug-likeness (QED) is 0.450. The summed E-state index contributed by atoms with van der Waals surface area (Å²) < 4.78 is 78.7. The Morgan fingerprint density at radius 3 is 2.06 bits per heavy atom. The van der Waals surface area contributed by atoms with E-state index in [1.54, 1.807) is 0 Å². The Hall–Kier alpha value is -2.55. The molecule has 1 saturated carbocycles. The number of amides is 1. The maximum Gasteiger partial charge on any atom is 0.416 e. The predicted molar refractivity (Wildman–Crippen MR) is 116 cm³/mol. The first-order valence-corrected chi connectivity index (χ1v) is 11.2. The summed E-state index contributed by atoms with van der Waals surface area (Å²) in [6.07, 6.45) is -7.98. The van der Waals surface area contributed by atoms with Crippen molar-refractivity contribution in [2.45, 2.75) is 64.6 Å². The lowest BCUT2D eigenvalue weighted by molar-refractivity contribution is -0.143. The van der Waals surface area contributed by atoms with Gasteiger partial charge in [-0.15, -0.1) is 0 Å². The van der Waals surface area contributed by atoms with E-state index in [2.05, 4.69) is 10.6 Å². The topological polar surface area (TPSA) is 41.1 Å². The van der Waals surface area contributed by atoms with Crippen LogP contribution in [0.1, 0.15) is 55.4 Å². The number of nitrogens with one attached hydrogen (secondary N) is 2. The average Bonchev–Trinajstić information content (AvgIpc) is 3.21. The van der Waals surface area contributed by atoms with E-state index in [9.17, 15) is 31.1 Å². The van der Waals surface area contributed by atoms with Crippen LogP contribution in [0.25, 0.3) is 0 Å². The minimum atomic E-state index is -4.93. The molecule has 0 saturated heterocycles. The summed E-state index contributed by atoms with van der Waals surface area (Å²) in [6.45, 7) is 4.05. The van der Waals surface area contributed by atoms with Gasteiger partial charge in [0.25, 0.3) is 0 Å². The van der Waals surface area contributed by atoms with Gasteiger partial charge in [0, 0.05) is 19.1 Å². The monoisotopic (exact) mass is 486 g/mol. The molecule has 3 rings (SSSR count). The molecule has 1 aliphatic carbocycles. The fraction of sp³-hybridized carbons (Fsp3) is 0.480. The molecule has 1 fully saturated rings. The van der Waals surface area contributed by atoms with Gasteiger partial charge in [-0.2, -0.15) is 26.3 Å². The minimum absolute atomic E-state index is 0.0525. The number of carbonyl (C=O) groups excluding carboxylic acids is 1. The van der Waals surface area contributed by atoms with Crippen molar-refractivity contribution in [1.82, 2.24) is 10.6 Å². The molecule has 0 bridgehead atoms. The lowest BCUT2D eigenvalue weighted by Gasteiger charge is -2.32. The lowest BCUT2D eigenvalue weighted by atomic mass is 9.74. The fourth-order valence-electron chi connectivity index (χ4n) is 4.58. The number of benzene rings is 2. The first kappa shape index (κ1) is 26.1. The summed E-state index contributed by atoms with van der Waals surface area (Å²) in [6, 6.07) is 11.3. The normalized spacial score (nSPS) is 21.1. The zero-order chi connectivity index (χ0) is 25.1. The third-order valence-corrected chi connectivity index (χ3v) is 6.65. The second kappa shape index (κ2) is 9.98. The first-order valence-electron chi connectivity index (χ1n) is 11.2. The van der Waals surface area contributed by atoms with Crippen LogP contribution in [0.2, 0.25) is 0 Å². The molecule has 186 valence electrons. The van der Waals surface area contributed by atoms with Crippen molar-refractivity contribution in [2.24, 2.45) is 11.3 Å². The van der Waals surface area contributed by atoms with Gasteiger partial charge in [0.05, 0.1) is 16.5 Å². The van der Waals surface area contributed by atoms with Gasteiger partial charge < -0.3 is 10.6 Å². The Balaban J connectivity index is 1.71. The molecule has 1 aliphatic rings. The van der Waals surface area contributed by atoms with Crippen LogP contribution in [-0.2, 0) is 30.2 Å². The van der Waals surface area contributed by atoms with Crippen molar-refractivity contribution in [1.29, 1.82) is 0 Å². The highest BCUT2D eigenvalue weighted by molar-refractivity contribution is 5.83. The van der Waals surface area contributed by atoms with Crippen molar-refractivity contribution in [3.63, 3.8) is 0 Å². The van der Waals surface area contributed by atoms with Gasteiger partial charge in [0.15, 0.2) is 0 Å². The summed E-state index contributed by atoms with van der Waals surface area (Å²) in [7, 11) is 0. The molecule has 1 amide bonds. The van der Waals surface area contributed by atoms with Gasteiger partial charge in [-0.05, 0) is 54.5 Å². The van der Waals surface area contributed by atoms with Crippen LogP contribution in [-0.4, -0.2) is 11.9 Å². The zero-order valence-electron chi connectivity index (χ0n) is 19.0. The van der Waals surface area contributed by atoms with Crippen LogP contribution in [0.15, 0.2) is 48.5 Å². The van der Waals surface area contributed by atoms with E-state index in [1.165, 1.54) is 0 Å². The van der Waals surface area contributed by atoms with Crippen LogP contribution >= 0.6 is 0 Å². The van der Waals surface area contributed by atoms with Gasteiger partial charge in [-0.25, -0.2) is 0 Å². The number of hydrogen-bond donors (Lipinski definition) is 2. The maximum absolute atomic E-state index is 13.2. The van der Waals surface area contributed by atoms with E-state index in [-0.39, 0.29) is 29.5 Å². The largest absolute Gasteiger partial charge is 0.416 e. The number of carbonyl (C=O) groups is 1. The molecule has 2 aromatic carbocycles. The highest BCUT2D eigenvalue weighted by Crippen LogP contribution is 2.45. The Morgan fingerprint density at radius 2 is 1.53 bits per heavy atom. The van der Waals surface area contributed by atoms with Gasteiger partial charge >= 0.3 is 12.4 Å². The van der Waals surface area contributed by atoms with Gasteiger partial charge in [-0.3, -0.25) is 4.79 Å². The number of rotatable bonds is 7. The van der Waals surface area contributed by atoms with Crippen LogP contribution in [0, 0.1) is 11.3 Å². The number of halogens is 6. The van der Waals surface area contributed by atoms with Gasteiger partial charge in [0.2, 0.25) is 5.91 Å². The van der Waals surface area contributed by atoms with Crippen molar-refractivity contribution in [3.05, 3.63) is 70.8 Å². The number of hydrogen-bond acceptors (Lipinski definition) is 2. The second-order valence-electron chi connectivity index (χ2n) is 9.21. The van der Waals surface area contributed by atoms with Crippen molar-refractivity contribution < 1.29 is 31.1 Å². The SMILES string of the molecule is CC(C)[C@]1(C(=O)NCc2cc(C(F)(F)F)cc(C(F)(F)F)c2)CC[C@@H](NCc2ccccc2)C1. The van der Waals surface area contributed by atoms with Crippen molar-refractivity contribution >= 4 is 5.91 Å². The van der Waals surface area contributed by atoms with Gasteiger partial charge in [0.1, 0.15) is 0 Å². The smallest absolute Gasteiger partial charge is 0.352 e. The minimum Gasteiger partial charge on any atom is -0.352 e. The Morgan fingerprint density at radius 1 is 0.941 bits per heavy atom. The molecule has 2 N–H and O–H groups in total. The van der Waals surface area contributed by atoms with E-state index < -0.39 is 35.4 Å². The summed E-state index contributed by atoms with van der Waals surface area (Å²) in [5, 5.41) is 6.07. The number of alkyl halides is 6. The molecule has 0 heterocycles. The van der Waals surface area contributed by atoms with E-state index in [4.69, 9.17) is 0 Å². The second-order valence-corrected chi connectivity index (χ2v) is 9.21.